The largest absolute Gasteiger partial charge is 0.343 e. The number of rotatable bonds is 6. The Kier molecular flexibility index (Phi) is 6.18. The molecular weight excluding hydrogens is 440 g/mol. The lowest BCUT2D eigenvalue weighted by Crippen LogP contribution is -2.37. The molecule has 0 amide bonds. The van der Waals surface area contributed by atoms with Crippen LogP contribution in [-0.4, -0.2) is 26.4 Å². The molecule has 1 aliphatic carbocycles. The second kappa shape index (κ2) is 8.78. The summed E-state index contributed by atoms with van der Waals surface area (Å²) in [5.74, 6) is 1.21. The second-order valence-corrected chi connectivity index (χ2v) is 11.0. The van der Waals surface area contributed by atoms with Crippen LogP contribution in [0.5, 0.6) is 0 Å². The van der Waals surface area contributed by atoms with Gasteiger partial charge in [-0.15, -0.1) is 0 Å². The molecule has 2 aromatic rings. The molecule has 0 unspecified atom stereocenters. The molecule has 33 heavy (non-hydrogen) atoms. The summed E-state index contributed by atoms with van der Waals surface area (Å²) in [5, 5.41) is 15.0. The lowest BCUT2D eigenvalue weighted by atomic mass is 9.69. The van der Waals surface area contributed by atoms with E-state index in [0.717, 1.165) is 17.9 Å². The van der Waals surface area contributed by atoms with Crippen molar-refractivity contribution in [2.75, 3.05) is 11.1 Å². The molecule has 0 spiro atoms. The number of hydrogen-bond acceptors (Lipinski definition) is 7. The number of nitro groups is 1. The molecule has 2 N–H and O–H groups in total. The molecule has 0 fully saturated rings. The minimum Gasteiger partial charge on any atom is -0.343 e. The Morgan fingerprint density at radius 3 is 2.55 bits per heavy atom. The van der Waals surface area contributed by atoms with Gasteiger partial charge in [-0.1, -0.05) is 51.6 Å². The van der Waals surface area contributed by atoms with Gasteiger partial charge >= 0.3 is 0 Å². The molecule has 0 saturated carbocycles. The topological polar surface area (TPSA) is 118 Å². The van der Waals surface area contributed by atoms with Crippen molar-refractivity contribution in [1.82, 2.24) is 9.97 Å². The van der Waals surface area contributed by atoms with Gasteiger partial charge in [0.05, 0.1) is 10.5 Å². The minimum atomic E-state index is -0.619. The van der Waals surface area contributed by atoms with Gasteiger partial charge in [-0.2, -0.15) is 0 Å². The van der Waals surface area contributed by atoms with Gasteiger partial charge in [0.2, 0.25) is 0 Å². The van der Waals surface area contributed by atoms with E-state index < -0.39 is 10.8 Å². The molecule has 4 rings (SSSR count). The SMILES string of the molecule is CC(C)CCSc1nc2c(c(=O)[nH]1)[C@H](c1ccc([N+](=O)[O-])cc1)C1=C(CC(C)(C)CC1=O)N2. The average molecular weight is 469 g/mol. The van der Waals surface area contributed by atoms with Crippen molar-refractivity contribution in [3.63, 3.8) is 0 Å². The van der Waals surface area contributed by atoms with E-state index in [0.29, 0.717) is 46.4 Å². The van der Waals surface area contributed by atoms with E-state index in [1.807, 2.05) is 13.8 Å². The van der Waals surface area contributed by atoms with E-state index in [4.69, 9.17) is 4.98 Å². The van der Waals surface area contributed by atoms with Crippen LogP contribution in [0.25, 0.3) is 0 Å². The molecule has 1 atom stereocenters. The summed E-state index contributed by atoms with van der Waals surface area (Å²) in [7, 11) is 0. The Morgan fingerprint density at radius 2 is 1.91 bits per heavy atom. The summed E-state index contributed by atoms with van der Waals surface area (Å²) < 4.78 is 0. The van der Waals surface area contributed by atoms with Crippen LogP contribution in [0.15, 0.2) is 45.5 Å². The number of non-ortho nitro benzene ring substituents is 1. The molecule has 1 aromatic heterocycles. The molecule has 1 aromatic carbocycles. The maximum atomic E-state index is 13.3. The predicted molar refractivity (Wildman–Crippen MR) is 129 cm³/mol. The van der Waals surface area contributed by atoms with Gasteiger partial charge in [0, 0.05) is 41.5 Å². The van der Waals surface area contributed by atoms with Gasteiger partial charge < -0.3 is 10.3 Å². The number of nitrogens with zero attached hydrogens (tertiary/aromatic N) is 2. The monoisotopic (exact) mass is 468 g/mol. The molecule has 9 heteroatoms. The molecular formula is C24H28N4O4S. The number of carbonyl (C=O) groups is 1. The predicted octanol–water partition coefficient (Wildman–Crippen LogP) is 5.02. The van der Waals surface area contributed by atoms with Crippen LogP contribution in [0.1, 0.15) is 64.0 Å². The number of anilines is 1. The maximum Gasteiger partial charge on any atom is 0.269 e. The van der Waals surface area contributed by atoms with E-state index in [1.165, 1.54) is 23.9 Å². The number of aromatic amines is 1. The van der Waals surface area contributed by atoms with E-state index in [-0.39, 0.29) is 22.4 Å². The fourth-order valence-corrected chi connectivity index (χ4v) is 5.58. The first-order valence-electron chi connectivity index (χ1n) is 11.1. The highest BCUT2D eigenvalue weighted by Gasteiger charge is 2.42. The zero-order chi connectivity index (χ0) is 23.9. The number of nitrogens with one attached hydrogen (secondary N) is 2. The maximum absolute atomic E-state index is 13.3. The fourth-order valence-electron chi connectivity index (χ4n) is 4.47. The number of allylic oxidation sites excluding steroid dienone is 2. The van der Waals surface area contributed by atoms with Gasteiger partial charge in [-0.05, 0) is 29.7 Å². The first kappa shape index (κ1) is 23.2. The van der Waals surface area contributed by atoms with Crippen molar-refractivity contribution in [2.24, 2.45) is 11.3 Å². The number of H-pyrrole nitrogens is 1. The summed E-state index contributed by atoms with van der Waals surface area (Å²) in [6, 6.07) is 6.07. The van der Waals surface area contributed by atoms with Crippen molar-refractivity contribution < 1.29 is 9.72 Å². The summed E-state index contributed by atoms with van der Waals surface area (Å²) in [4.78, 5) is 44.7. The molecule has 2 heterocycles. The van der Waals surface area contributed by atoms with Crippen LogP contribution in [0.3, 0.4) is 0 Å². The number of benzene rings is 1. The quantitative estimate of drug-likeness (QED) is 0.264. The molecule has 8 nitrogen and oxygen atoms in total. The number of carbonyl (C=O) groups excluding carboxylic acids is 1. The Hall–Kier alpha value is -2.94. The standard InChI is InChI=1S/C24H28N4O4S/c1-13(2)9-10-33-23-26-21-20(22(30)27-23)18(14-5-7-15(8-6-14)28(31)32)19-16(25-21)11-24(3,4)12-17(19)29/h5-8,13,18H,9-12H2,1-4H3,(H2,25,26,27,30)/t18-/m1/s1. The van der Waals surface area contributed by atoms with Crippen LogP contribution in [0, 0.1) is 21.4 Å². The lowest BCUT2D eigenvalue weighted by Gasteiger charge is -2.38. The number of hydrogen-bond donors (Lipinski definition) is 2. The van der Waals surface area contributed by atoms with Crippen molar-refractivity contribution in [1.29, 1.82) is 0 Å². The number of ketones is 1. The Labute approximate surface area is 196 Å². The third kappa shape index (κ3) is 4.73. The van der Waals surface area contributed by atoms with E-state index in [9.17, 15) is 19.7 Å². The van der Waals surface area contributed by atoms with Crippen molar-refractivity contribution in [3.05, 3.63) is 67.1 Å². The lowest BCUT2D eigenvalue weighted by molar-refractivity contribution is -0.384. The first-order chi connectivity index (χ1) is 15.6. The molecule has 2 aliphatic rings. The highest BCUT2D eigenvalue weighted by molar-refractivity contribution is 7.99. The fraction of sp³-hybridized carbons (Fsp3) is 0.458. The van der Waals surface area contributed by atoms with Gasteiger partial charge in [-0.3, -0.25) is 19.7 Å². The van der Waals surface area contributed by atoms with Crippen molar-refractivity contribution >= 4 is 29.1 Å². The Balaban J connectivity index is 1.82. The van der Waals surface area contributed by atoms with E-state index in [2.05, 4.69) is 24.1 Å². The van der Waals surface area contributed by atoms with Crippen molar-refractivity contribution in [2.45, 2.75) is 58.0 Å². The molecule has 0 saturated heterocycles. The minimum absolute atomic E-state index is 0.0162. The number of Topliss-reactive ketones (excluding diaryl/α,β-unsaturated/α-hetero) is 1. The summed E-state index contributed by atoms with van der Waals surface area (Å²) in [6.07, 6.45) is 2.03. The van der Waals surface area contributed by atoms with Gasteiger partial charge in [0.1, 0.15) is 5.82 Å². The molecule has 0 bridgehead atoms. The number of aromatic nitrogens is 2. The highest BCUT2D eigenvalue weighted by atomic mass is 32.2. The Morgan fingerprint density at radius 1 is 1.21 bits per heavy atom. The van der Waals surface area contributed by atoms with E-state index in [1.54, 1.807) is 12.1 Å². The summed E-state index contributed by atoms with van der Waals surface area (Å²) in [6.45, 7) is 8.39. The van der Waals surface area contributed by atoms with Gasteiger partial charge in [-0.25, -0.2) is 4.98 Å². The third-order valence-electron chi connectivity index (χ3n) is 6.07. The zero-order valence-electron chi connectivity index (χ0n) is 19.2. The van der Waals surface area contributed by atoms with Gasteiger partial charge in [0.15, 0.2) is 10.9 Å². The Bertz CT molecular complexity index is 1200. The van der Waals surface area contributed by atoms with Crippen LogP contribution >= 0.6 is 11.8 Å². The molecule has 174 valence electrons. The van der Waals surface area contributed by atoms with Crippen LogP contribution in [-0.2, 0) is 4.79 Å². The number of fused-ring (bicyclic) bond motifs is 1. The van der Waals surface area contributed by atoms with E-state index >= 15 is 0 Å². The highest BCUT2D eigenvalue weighted by Crippen LogP contribution is 2.47. The molecule has 1 aliphatic heterocycles. The molecule has 0 radical (unpaired) electrons. The number of thioether (sulfide) groups is 1. The average Bonchev–Trinajstić information content (AvgIpc) is 2.71. The summed E-state index contributed by atoms with van der Waals surface area (Å²) in [5.41, 5.74) is 1.83. The number of nitro benzene ring substituents is 1. The first-order valence-corrected chi connectivity index (χ1v) is 12.1. The van der Waals surface area contributed by atoms with Crippen LogP contribution in [0.4, 0.5) is 11.5 Å². The van der Waals surface area contributed by atoms with Crippen LogP contribution in [0.2, 0.25) is 0 Å². The van der Waals surface area contributed by atoms with Crippen molar-refractivity contribution in [3.8, 4) is 0 Å². The van der Waals surface area contributed by atoms with Crippen LogP contribution < -0.4 is 10.9 Å². The van der Waals surface area contributed by atoms with Gasteiger partial charge in [0.25, 0.3) is 11.2 Å². The smallest absolute Gasteiger partial charge is 0.269 e. The normalized spacial score (nSPS) is 19.2. The summed E-state index contributed by atoms with van der Waals surface area (Å²) >= 11 is 1.50. The zero-order valence-corrected chi connectivity index (χ0v) is 20.0. The second-order valence-electron chi connectivity index (χ2n) is 9.90. The third-order valence-corrected chi connectivity index (χ3v) is 6.98.